The van der Waals surface area contributed by atoms with Crippen molar-refractivity contribution in [2.75, 3.05) is 11.9 Å². The van der Waals surface area contributed by atoms with Crippen LogP contribution in [0.3, 0.4) is 0 Å². The molecule has 0 aliphatic rings. The first kappa shape index (κ1) is 14.0. The van der Waals surface area contributed by atoms with Crippen LogP contribution < -0.4 is 4.90 Å². The molecule has 1 N–H and O–H groups in total. The third-order valence-corrected chi connectivity index (χ3v) is 4.24. The van der Waals surface area contributed by atoms with E-state index in [1.165, 1.54) is 4.88 Å². The highest BCUT2D eigenvalue weighted by molar-refractivity contribution is 7.09. The molecule has 4 heteroatoms. The topological polar surface area (TPSA) is 36.4 Å². The van der Waals surface area contributed by atoms with E-state index < -0.39 is 6.10 Å². The predicted molar refractivity (Wildman–Crippen MR) is 80.8 cm³/mol. The van der Waals surface area contributed by atoms with Crippen LogP contribution >= 0.6 is 11.3 Å². The number of aliphatic hydroxyl groups is 1. The highest BCUT2D eigenvalue weighted by atomic mass is 32.1. The van der Waals surface area contributed by atoms with Gasteiger partial charge in [-0.05, 0) is 31.4 Å². The SMILES string of the molecule is CC(Cc1cccs1)N(C)c1ncccc1[C@H](C)O. The molecule has 19 heavy (non-hydrogen) atoms. The number of aliphatic hydroxyl groups excluding tert-OH is 1. The van der Waals surface area contributed by atoms with Gasteiger partial charge in [0.25, 0.3) is 0 Å². The molecular formula is C15H20N2OS. The molecule has 0 aliphatic heterocycles. The summed E-state index contributed by atoms with van der Waals surface area (Å²) < 4.78 is 0. The molecule has 102 valence electrons. The Morgan fingerprint density at radius 3 is 2.74 bits per heavy atom. The fourth-order valence-corrected chi connectivity index (χ4v) is 2.92. The Morgan fingerprint density at radius 1 is 1.32 bits per heavy atom. The van der Waals surface area contributed by atoms with Gasteiger partial charge in [0.15, 0.2) is 0 Å². The van der Waals surface area contributed by atoms with E-state index in [-0.39, 0.29) is 0 Å². The molecular weight excluding hydrogens is 256 g/mol. The second-order valence-electron chi connectivity index (χ2n) is 4.84. The number of thiophene rings is 1. The van der Waals surface area contributed by atoms with Crippen LogP contribution in [0.25, 0.3) is 0 Å². The number of nitrogens with zero attached hydrogens (tertiary/aromatic N) is 2. The molecule has 0 amide bonds. The van der Waals surface area contributed by atoms with Gasteiger partial charge in [-0.25, -0.2) is 4.98 Å². The van der Waals surface area contributed by atoms with Gasteiger partial charge in [-0.15, -0.1) is 11.3 Å². The molecule has 2 rings (SSSR count). The van der Waals surface area contributed by atoms with Crippen molar-refractivity contribution in [2.24, 2.45) is 0 Å². The van der Waals surface area contributed by atoms with Crippen molar-refractivity contribution in [1.82, 2.24) is 4.98 Å². The molecule has 0 spiro atoms. The molecule has 2 aromatic rings. The number of likely N-dealkylation sites (N-methyl/N-ethyl adjacent to an activating group) is 1. The van der Waals surface area contributed by atoms with Gasteiger partial charge < -0.3 is 10.0 Å². The zero-order chi connectivity index (χ0) is 13.8. The summed E-state index contributed by atoms with van der Waals surface area (Å²) in [4.78, 5) is 7.93. The summed E-state index contributed by atoms with van der Waals surface area (Å²) in [5.41, 5.74) is 0.878. The van der Waals surface area contributed by atoms with Crippen molar-refractivity contribution in [3.63, 3.8) is 0 Å². The van der Waals surface area contributed by atoms with Gasteiger partial charge in [0, 0.05) is 36.1 Å². The second-order valence-corrected chi connectivity index (χ2v) is 5.87. The highest BCUT2D eigenvalue weighted by Crippen LogP contribution is 2.25. The highest BCUT2D eigenvalue weighted by Gasteiger charge is 2.17. The monoisotopic (exact) mass is 276 g/mol. The van der Waals surface area contributed by atoms with Gasteiger partial charge in [0.2, 0.25) is 0 Å². The molecule has 0 saturated heterocycles. The van der Waals surface area contributed by atoms with Crippen LogP contribution in [0.5, 0.6) is 0 Å². The Balaban J connectivity index is 2.16. The molecule has 2 atom stereocenters. The van der Waals surface area contributed by atoms with E-state index in [0.717, 1.165) is 17.8 Å². The first-order chi connectivity index (χ1) is 9.09. The lowest BCUT2D eigenvalue weighted by molar-refractivity contribution is 0.199. The fourth-order valence-electron chi connectivity index (χ4n) is 2.10. The molecule has 0 aromatic carbocycles. The average molecular weight is 276 g/mol. The summed E-state index contributed by atoms with van der Waals surface area (Å²) in [7, 11) is 2.03. The van der Waals surface area contributed by atoms with Crippen LogP contribution in [0.4, 0.5) is 5.82 Å². The maximum Gasteiger partial charge on any atom is 0.134 e. The van der Waals surface area contributed by atoms with Crippen molar-refractivity contribution < 1.29 is 5.11 Å². The van der Waals surface area contributed by atoms with E-state index in [1.807, 2.05) is 19.2 Å². The first-order valence-corrected chi connectivity index (χ1v) is 7.35. The van der Waals surface area contributed by atoms with Crippen LogP contribution in [-0.4, -0.2) is 23.2 Å². The summed E-state index contributed by atoms with van der Waals surface area (Å²) in [6, 6.07) is 8.37. The van der Waals surface area contributed by atoms with E-state index in [1.54, 1.807) is 24.5 Å². The molecule has 0 fully saturated rings. The Bertz CT molecular complexity index is 511. The normalized spacial score (nSPS) is 14.1. The Kier molecular flexibility index (Phi) is 4.56. The summed E-state index contributed by atoms with van der Waals surface area (Å²) in [5, 5.41) is 11.9. The van der Waals surface area contributed by atoms with Crippen molar-refractivity contribution in [2.45, 2.75) is 32.4 Å². The molecule has 2 heterocycles. The third kappa shape index (κ3) is 3.33. The molecule has 0 aliphatic carbocycles. The smallest absolute Gasteiger partial charge is 0.134 e. The number of hydrogen-bond acceptors (Lipinski definition) is 4. The Morgan fingerprint density at radius 2 is 2.11 bits per heavy atom. The quantitative estimate of drug-likeness (QED) is 0.910. The van der Waals surface area contributed by atoms with E-state index in [4.69, 9.17) is 0 Å². The number of rotatable bonds is 5. The summed E-state index contributed by atoms with van der Waals surface area (Å²) >= 11 is 1.78. The summed E-state index contributed by atoms with van der Waals surface area (Å²) in [6.07, 6.45) is 2.26. The van der Waals surface area contributed by atoms with Gasteiger partial charge in [-0.1, -0.05) is 12.1 Å². The van der Waals surface area contributed by atoms with Crippen molar-refractivity contribution in [1.29, 1.82) is 0 Å². The van der Waals surface area contributed by atoms with Crippen LogP contribution in [0.2, 0.25) is 0 Å². The van der Waals surface area contributed by atoms with Gasteiger partial charge in [0.05, 0.1) is 6.10 Å². The van der Waals surface area contributed by atoms with Crippen LogP contribution in [-0.2, 0) is 6.42 Å². The van der Waals surface area contributed by atoms with Gasteiger partial charge >= 0.3 is 0 Å². The molecule has 0 bridgehead atoms. The Hall–Kier alpha value is -1.39. The number of hydrogen-bond donors (Lipinski definition) is 1. The lowest BCUT2D eigenvalue weighted by atomic mass is 10.1. The van der Waals surface area contributed by atoms with Gasteiger partial charge in [0.1, 0.15) is 5.82 Å². The van der Waals surface area contributed by atoms with E-state index in [0.29, 0.717) is 6.04 Å². The number of pyridine rings is 1. The molecule has 3 nitrogen and oxygen atoms in total. The maximum atomic E-state index is 9.83. The summed E-state index contributed by atoms with van der Waals surface area (Å²) in [6.45, 7) is 3.96. The molecule has 0 radical (unpaired) electrons. The van der Waals surface area contributed by atoms with E-state index in [2.05, 4.69) is 34.3 Å². The van der Waals surface area contributed by atoms with Crippen LogP contribution in [0.15, 0.2) is 35.8 Å². The average Bonchev–Trinajstić information content (AvgIpc) is 2.90. The van der Waals surface area contributed by atoms with Gasteiger partial charge in [-0.2, -0.15) is 0 Å². The maximum absolute atomic E-state index is 9.83. The Labute approximate surface area is 118 Å². The standard InChI is InChI=1S/C15H20N2OS/c1-11(10-13-6-5-9-19-13)17(3)15-14(12(2)18)7-4-8-16-15/h4-9,11-12,18H,10H2,1-3H3/t11?,12-/m0/s1. The zero-order valence-corrected chi connectivity index (χ0v) is 12.4. The van der Waals surface area contributed by atoms with E-state index in [9.17, 15) is 5.11 Å². The number of anilines is 1. The largest absolute Gasteiger partial charge is 0.389 e. The number of aromatic nitrogens is 1. The zero-order valence-electron chi connectivity index (χ0n) is 11.6. The second kappa shape index (κ2) is 6.17. The fraction of sp³-hybridized carbons (Fsp3) is 0.400. The lowest BCUT2D eigenvalue weighted by Crippen LogP contribution is -2.32. The lowest BCUT2D eigenvalue weighted by Gasteiger charge is -2.28. The van der Waals surface area contributed by atoms with Crippen LogP contribution in [0.1, 0.15) is 30.4 Å². The molecule has 1 unspecified atom stereocenters. The minimum Gasteiger partial charge on any atom is -0.389 e. The van der Waals surface area contributed by atoms with E-state index >= 15 is 0 Å². The minimum absolute atomic E-state index is 0.339. The van der Waals surface area contributed by atoms with Crippen molar-refractivity contribution in [3.8, 4) is 0 Å². The summed E-state index contributed by atoms with van der Waals surface area (Å²) in [5.74, 6) is 0.863. The van der Waals surface area contributed by atoms with Crippen molar-refractivity contribution >= 4 is 17.2 Å². The predicted octanol–water partition coefficient (Wildman–Crippen LogP) is 3.26. The van der Waals surface area contributed by atoms with Crippen molar-refractivity contribution in [3.05, 3.63) is 46.3 Å². The molecule has 0 saturated carbocycles. The van der Waals surface area contributed by atoms with Crippen LogP contribution in [0, 0.1) is 0 Å². The minimum atomic E-state index is -0.500. The third-order valence-electron chi connectivity index (χ3n) is 3.34. The van der Waals surface area contributed by atoms with Gasteiger partial charge in [-0.3, -0.25) is 0 Å². The first-order valence-electron chi connectivity index (χ1n) is 6.47. The molecule has 2 aromatic heterocycles.